The van der Waals surface area contributed by atoms with Gasteiger partial charge in [0.2, 0.25) is 5.91 Å². The van der Waals surface area contributed by atoms with Crippen molar-refractivity contribution < 1.29 is 9.59 Å². The van der Waals surface area contributed by atoms with Crippen molar-refractivity contribution in [1.29, 1.82) is 0 Å². The number of hydrogen-bond acceptors (Lipinski definition) is 2. The van der Waals surface area contributed by atoms with Crippen molar-refractivity contribution >= 4 is 34.9 Å². The van der Waals surface area contributed by atoms with Crippen LogP contribution < -0.4 is 15.5 Å². The fourth-order valence-electron chi connectivity index (χ4n) is 3.23. The number of carbonyl (C=O) groups excluding carboxylic acids is 2. The first kappa shape index (κ1) is 20.2. The highest BCUT2D eigenvalue weighted by Crippen LogP contribution is 2.30. The highest BCUT2D eigenvalue weighted by Gasteiger charge is 2.24. The second-order valence-electron chi connectivity index (χ2n) is 7.51. The van der Waals surface area contributed by atoms with Crippen molar-refractivity contribution in [3.05, 3.63) is 58.6 Å². The Labute approximate surface area is 171 Å². The molecule has 0 aromatic heterocycles. The maximum absolute atomic E-state index is 12.3. The van der Waals surface area contributed by atoms with Crippen LogP contribution in [0, 0.1) is 5.92 Å². The normalized spacial score (nSPS) is 13.4. The van der Waals surface area contributed by atoms with Gasteiger partial charge in [-0.15, -0.1) is 0 Å². The molecule has 5 nitrogen and oxygen atoms in total. The Morgan fingerprint density at radius 2 is 1.89 bits per heavy atom. The van der Waals surface area contributed by atoms with Crippen LogP contribution in [0.15, 0.2) is 42.5 Å². The molecule has 0 spiro atoms. The van der Waals surface area contributed by atoms with Crippen LogP contribution in [-0.2, 0) is 17.8 Å². The third-order valence-corrected chi connectivity index (χ3v) is 5.09. The van der Waals surface area contributed by atoms with Crippen LogP contribution in [-0.4, -0.2) is 18.5 Å². The topological polar surface area (TPSA) is 61.4 Å². The van der Waals surface area contributed by atoms with Crippen LogP contribution in [0.3, 0.4) is 0 Å². The number of halogens is 1. The summed E-state index contributed by atoms with van der Waals surface area (Å²) in [4.78, 5) is 26.4. The van der Waals surface area contributed by atoms with Crippen molar-refractivity contribution in [1.82, 2.24) is 5.32 Å². The molecule has 148 valence electrons. The van der Waals surface area contributed by atoms with Crippen molar-refractivity contribution in [2.24, 2.45) is 5.92 Å². The Morgan fingerprint density at radius 1 is 1.14 bits per heavy atom. The fraction of sp³-hybridized carbons (Fsp3) is 0.364. The van der Waals surface area contributed by atoms with E-state index < -0.39 is 0 Å². The molecule has 3 rings (SSSR count). The van der Waals surface area contributed by atoms with Gasteiger partial charge in [-0.1, -0.05) is 37.6 Å². The molecule has 0 bridgehead atoms. The van der Waals surface area contributed by atoms with Crippen LogP contribution >= 0.6 is 11.6 Å². The molecule has 0 atom stereocenters. The number of nitrogens with zero attached hydrogens (tertiary/aromatic N) is 1. The lowest BCUT2D eigenvalue weighted by molar-refractivity contribution is -0.118. The molecule has 6 heteroatoms. The predicted octanol–water partition coefficient (Wildman–Crippen LogP) is 4.99. The van der Waals surface area contributed by atoms with E-state index in [4.69, 9.17) is 11.6 Å². The number of aryl methyl sites for hydroxylation is 1. The molecule has 2 N–H and O–H groups in total. The Balaban J connectivity index is 1.62. The van der Waals surface area contributed by atoms with Crippen molar-refractivity contribution in [2.45, 2.75) is 39.7 Å². The quantitative estimate of drug-likeness (QED) is 0.719. The standard InChI is InChI=1S/C22H26ClN3O2/c1-15(2)11-12-26-20-9-8-19(13-17(20)5-10-21(26)27)25-22(28)24-14-16-3-6-18(23)7-4-16/h3-4,6-9,13,15H,5,10-12,14H2,1-2H3,(H2,24,25,28). The number of urea groups is 1. The first-order valence-electron chi connectivity index (χ1n) is 9.65. The summed E-state index contributed by atoms with van der Waals surface area (Å²) in [5, 5.41) is 6.38. The lowest BCUT2D eigenvalue weighted by Gasteiger charge is -2.30. The van der Waals surface area contributed by atoms with E-state index in [1.807, 2.05) is 35.2 Å². The molecule has 0 unspecified atom stereocenters. The Hall–Kier alpha value is -2.53. The maximum Gasteiger partial charge on any atom is 0.319 e. The molecular formula is C22H26ClN3O2. The van der Waals surface area contributed by atoms with Crippen LogP contribution in [0.25, 0.3) is 0 Å². The molecule has 2 aromatic rings. The average Bonchev–Trinajstić information content (AvgIpc) is 2.66. The second kappa shape index (κ2) is 9.11. The third kappa shape index (κ3) is 5.26. The second-order valence-corrected chi connectivity index (χ2v) is 7.94. The van der Waals surface area contributed by atoms with Gasteiger partial charge in [-0.25, -0.2) is 4.79 Å². The van der Waals surface area contributed by atoms with Gasteiger partial charge in [-0.3, -0.25) is 4.79 Å². The lowest BCUT2D eigenvalue weighted by Crippen LogP contribution is -2.36. The van der Waals surface area contributed by atoms with E-state index in [1.165, 1.54) is 0 Å². The van der Waals surface area contributed by atoms with E-state index >= 15 is 0 Å². The van der Waals surface area contributed by atoms with Gasteiger partial charge in [0.05, 0.1) is 0 Å². The molecule has 0 radical (unpaired) electrons. The minimum absolute atomic E-state index is 0.176. The summed E-state index contributed by atoms with van der Waals surface area (Å²) in [6.45, 7) is 5.47. The number of carbonyl (C=O) groups is 2. The summed E-state index contributed by atoms with van der Waals surface area (Å²) >= 11 is 5.87. The van der Waals surface area contributed by atoms with E-state index in [9.17, 15) is 9.59 Å². The Bertz CT molecular complexity index is 849. The fourth-order valence-corrected chi connectivity index (χ4v) is 3.36. The summed E-state index contributed by atoms with van der Waals surface area (Å²) in [7, 11) is 0. The highest BCUT2D eigenvalue weighted by atomic mass is 35.5. The van der Waals surface area contributed by atoms with E-state index in [2.05, 4.69) is 24.5 Å². The van der Waals surface area contributed by atoms with Crippen molar-refractivity contribution in [3.63, 3.8) is 0 Å². The number of benzene rings is 2. The van der Waals surface area contributed by atoms with E-state index in [1.54, 1.807) is 12.1 Å². The third-order valence-electron chi connectivity index (χ3n) is 4.83. The number of rotatable bonds is 6. The molecule has 3 amide bonds. The zero-order chi connectivity index (χ0) is 20.1. The number of amides is 3. The maximum atomic E-state index is 12.3. The van der Waals surface area contributed by atoms with Gasteiger partial charge in [-0.05, 0) is 60.2 Å². The zero-order valence-corrected chi connectivity index (χ0v) is 17.1. The molecule has 0 saturated carbocycles. The molecule has 0 saturated heterocycles. The molecule has 1 aliphatic heterocycles. The molecule has 1 heterocycles. The van der Waals surface area contributed by atoms with Crippen molar-refractivity contribution in [2.75, 3.05) is 16.8 Å². The molecular weight excluding hydrogens is 374 g/mol. The molecule has 0 fully saturated rings. The molecule has 2 aromatic carbocycles. The number of nitrogens with one attached hydrogen (secondary N) is 2. The summed E-state index contributed by atoms with van der Waals surface area (Å²) < 4.78 is 0. The smallest absolute Gasteiger partial charge is 0.319 e. The number of hydrogen-bond donors (Lipinski definition) is 2. The summed E-state index contributed by atoms with van der Waals surface area (Å²) in [6.07, 6.45) is 2.18. The van der Waals surface area contributed by atoms with Gasteiger partial charge in [0.1, 0.15) is 0 Å². The van der Waals surface area contributed by atoms with E-state index in [0.717, 1.165) is 35.5 Å². The largest absolute Gasteiger partial charge is 0.334 e. The molecule has 28 heavy (non-hydrogen) atoms. The lowest BCUT2D eigenvalue weighted by atomic mass is 9.99. The molecule has 1 aliphatic rings. The van der Waals surface area contributed by atoms with Gasteiger partial charge in [0, 0.05) is 35.9 Å². The number of anilines is 2. The minimum atomic E-state index is -0.265. The number of fused-ring (bicyclic) bond motifs is 1. The Morgan fingerprint density at radius 3 is 2.61 bits per heavy atom. The SMILES string of the molecule is CC(C)CCN1C(=O)CCc2cc(NC(=O)NCc3ccc(Cl)cc3)ccc21. The first-order chi connectivity index (χ1) is 13.4. The van der Waals surface area contributed by atoms with Gasteiger partial charge in [0.25, 0.3) is 0 Å². The first-order valence-corrected chi connectivity index (χ1v) is 10.0. The van der Waals surface area contributed by atoms with Gasteiger partial charge in [0.15, 0.2) is 0 Å². The van der Waals surface area contributed by atoms with Crippen LogP contribution in [0.2, 0.25) is 5.02 Å². The predicted molar refractivity (Wildman–Crippen MR) is 114 cm³/mol. The zero-order valence-electron chi connectivity index (χ0n) is 16.3. The van der Waals surface area contributed by atoms with Crippen molar-refractivity contribution in [3.8, 4) is 0 Å². The average molecular weight is 400 g/mol. The molecule has 0 aliphatic carbocycles. The van der Waals surface area contributed by atoms with Gasteiger partial charge in [-0.2, -0.15) is 0 Å². The highest BCUT2D eigenvalue weighted by molar-refractivity contribution is 6.30. The van der Waals surface area contributed by atoms with Crippen LogP contribution in [0.4, 0.5) is 16.2 Å². The monoisotopic (exact) mass is 399 g/mol. The summed E-state index contributed by atoms with van der Waals surface area (Å²) in [5.41, 5.74) is 3.76. The van der Waals surface area contributed by atoms with Crippen LogP contribution in [0.1, 0.15) is 37.8 Å². The Kier molecular flexibility index (Phi) is 6.57. The van der Waals surface area contributed by atoms with E-state index in [0.29, 0.717) is 30.3 Å². The van der Waals surface area contributed by atoms with Gasteiger partial charge < -0.3 is 15.5 Å². The van der Waals surface area contributed by atoms with Gasteiger partial charge >= 0.3 is 6.03 Å². The van der Waals surface area contributed by atoms with E-state index in [-0.39, 0.29) is 11.9 Å². The van der Waals surface area contributed by atoms with Crippen LogP contribution in [0.5, 0.6) is 0 Å². The summed E-state index contributed by atoms with van der Waals surface area (Å²) in [5.74, 6) is 0.720. The minimum Gasteiger partial charge on any atom is -0.334 e. The summed E-state index contributed by atoms with van der Waals surface area (Å²) in [6, 6.07) is 12.8.